The molecule has 0 saturated carbocycles. The highest BCUT2D eigenvalue weighted by Crippen LogP contribution is 2.18. The standard InChI is InChI=1S/C14H9Cl2N/c15-12-6-11(7-13(16)9-12)5-4-10-2-1-3-14(17)8-10/h1-3,6-9H,17H2. The first kappa shape index (κ1) is 11.9. The van der Waals surface area contributed by atoms with Gasteiger partial charge in [-0.25, -0.2) is 0 Å². The van der Waals surface area contributed by atoms with E-state index in [1.54, 1.807) is 18.2 Å². The van der Waals surface area contributed by atoms with E-state index in [0.717, 1.165) is 11.1 Å². The van der Waals surface area contributed by atoms with Gasteiger partial charge in [0.25, 0.3) is 0 Å². The summed E-state index contributed by atoms with van der Waals surface area (Å²) in [5.74, 6) is 6.00. The average molecular weight is 262 g/mol. The van der Waals surface area contributed by atoms with Gasteiger partial charge in [0.2, 0.25) is 0 Å². The Kier molecular flexibility index (Phi) is 3.58. The Bertz CT molecular complexity index is 589. The molecule has 0 radical (unpaired) electrons. The summed E-state index contributed by atoms with van der Waals surface area (Å²) in [6.07, 6.45) is 0. The Balaban J connectivity index is 2.32. The number of hydrogen-bond acceptors (Lipinski definition) is 1. The van der Waals surface area contributed by atoms with E-state index in [9.17, 15) is 0 Å². The van der Waals surface area contributed by atoms with E-state index in [1.165, 1.54) is 0 Å². The van der Waals surface area contributed by atoms with Crippen molar-refractivity contribution in [1.29, 1.82) is 0 Å². The fraction of sp³-hybridized carbons (Fsp3) is 0. The van der Waals surface area contributed by atoms with Crippen LogP contribution in [-0.2, 0) is 0 Å². The van der Waals surface area contributed by atoms with Crippen LogP contribution in [0.2, 0.25) is 10.0 Å². The Morgan fingerprint density at radius 2 is 1.47 bits per heavy atom. The number of hydrogen-bond donors (Lipinski definition) is 1. The summed E-state index contributed by atoms with van der Waals surface area (Å²) in [5, 5.41) is 1.16. The van der Waals surface area contributed by atoms with Crippen LogP contribution in [0, 0.1) is 11.8 Å². The van der Waals surface area contributed by atoms with Gasteiger partial charge in [0.05, 0.1) is 0 Å². The Morgan fingerprint density at radius 1 is 0.824 bits per heavy atom. The second kappa shape index (κ2) is 5.14. The quantitative estimate of drug-likeness (QED) is 0.564. The number of benzene rings is 2. The lowest BCUT2D eigenvalue weighted by molar-refractivity contribution is 1.61. The minimum atomic E-state index is 0.578. The van der Waals surface area contributed by atoms with Gasteiger partial charge in [0.1, 0.15) is 0 Å². The molecule has 84 valence electrons. The van der Waals surface area contributed by atoms with Crippen LogP contribution in [0.25, 0.3) is 0 Å². The first-order chi connectivity index (χ1) is 8.13. The van der Waals surface area contributed by atoms with Crippen molar-refractivity contribution < 1.29 is 0 Å². The van der Waals surface area contributed by atoms with Gasteiger partial charge in [-0.15, -0.1) is 0 Å². The molecular weight excluding hydrogens is 253 g/mol. The zero-order valence-corrected chi connectivity index (χ0v) is 10.4. The molecule has 2 aromatic carbocycles. The van der Waals surface area contributed by atoms with E-state index in [4.69, 9.17) is 28.9 Å². The van der Waals surface area contributed by atoms with Crippen LogP contribution < -0.4 is 5.73 Å². The van der Waals surface area contributed by atoms with Crippen LogP contribution in [0.1, 0.15) is 11.1 Å². The zero-order valence-electron chi connectivity index (χ0n) is 8.87. The number of halogens is 2. The largest absolute Gasteiger partial charge is 0.399 e. The molecule has 0 bridgehead atoms. The molecule has 1 nitrogen and oxygen atoms in total. The Hall–Kier alpha value is -1.62. The summed E-state index contributed by atoms with van der Waals surface area (Å²) in [6.45, 7) is 0. The molecule has 2 N–H and O–H groups in total. The van der Waals surface area contributed by atoms with Crippen molar-refractivity contribution in [2.45, 2.75) is 0 Å². The van der Waals surface area contributed by atoms with Gasteiger partial charge in [-0.3, -0.25) is 0 Å². The molecule has 17 heavy (non-hydrogen) atoms. The summed E-state index contributed by atoms with van der Waals surface area (Å²) >= 11 is 11.8. The van der Waals surface area contributed by atoms with Crippen LogP contribution in [0.5, 0.6) is 0 Å². The van der Waals surface area contributed by atoms with E-state index in [0.29, 0.717) is 15.7 Å². The monoisotopic (exact) mass is 261 g/mol. The summed E-state index contributed by atoms with van der Waals surface area (Å²) in [6, 6.07) is 12.6. The number of nitrogen functional groups attached to an aromatic ring is 1. The Labute approximate surface area is 110 Å². The second-order valence-corrected chi connectivity index (χ2v) is 4.41. The molecule has 0 atom stereocenters. The maximum absolute atomic E-state index is 5.88. The van der Waals surface area contributed by atoms with Crippen LogP contribution in [0.3, 0.4) is 0 Å². The van der Waals surface area contributed by atoms with Crippen LogP contribution in [0.15, 0.2) is 42.5 Å². The second-order valence-electron chi connectivity index (χ2n) is 3.53. The molecule has 0 heterocycles. The summed E-state index contributed by atoms with van der Waals surface area (Å²) in [4.78, 5) is 0. The molecule has 0 saturated heterocycles. The highest BCUT2D eigenvalue weighted by atomic mass is 35.5. The van der Waals surface area contributed by atoms with Crippen LogP contribution in [0.4, 0.5) is 5.69 Å². The lowest BCUT2D eigenvalue weighted by atomic mass is 10.1. The molecule has 0 aliphatic rings. The van der Waals surface area contributed by atoms with Crippen molar-refractivity contribution in [3.05, 3.63) is 63.6 Å². The maximum atomic E-state index is 5.88. The molecule has 2 aromatic rings. The van der Waals surface area contributed by atoms with Crippen molar-refractivity contribution in [1.82, 2.24) is 0 Å². The third-order valence-corrected chi connectivity index (χ3v) is 2.54. The lowest BCUT2D eigenvalue weighted by Gasteiger charge is -1.95. The molecule has 0 aromatic heterocycles. The van der Waals surface area contributed by atoms with E-state index in [-0.39, 0.29) is 0 Å². The highest BCUT2D eigenvalue weighted by Gasteiger charge is 1.95. The van der Waals surface area contributed by atoms with Crippen LogP contribution >= 0.6 is 23.2 Å². The smallest absolute Gasteiger partial charge is 0.0433 e. The first-order valence-corrected chi connectivity index (χ1v) is 5.73. The van der Waals surface area contributed by atoms with E-state index < -0.39 is 0 Å². The molecule has 0 aliphatic carbocycles. The third kappa shape index (κ3) is 3.42. The molecule has 2 rings (SSSR count). The minimum Gasteiger partial charge on any atom is -0.399 e. The van der Waals surface area contributed by atoms with E-state index in [1.807, 2.05) is 24.3 Å². The molecule has 0 unspecified atom stereocenters. The van der Waals surface area contributed by atoms with Gasteiger partial charge < -0.3 is 5.73 Å². The Morgan fingerprint density at radius 3 is 2.12 bits per heavy atom. The fourth-order valence-electron chi connectivity index (χ4n) is 1.39. The predicted molar refractivity (Wildman–Crippen MR) is 73.3 cm³/mol. The molecule has 0 spiro atoms. The SMILES string of the molecule is Nc1cccc(C#Cc2cc(Cl)cc(Cl)c2)c1. The van der Waals surface area contributed by atoms with Crippen molar-refractivity contribution in [2.75, 3.05) is 5.73 Å². The first-order valence-electron chi connectivity index (χ1n) is 4.97. The highest BCUT2D eigenvalue weighted by molar-refractivity contribution is 6.34. The lowest BCUT2D eigenvalue weighted by Crippen LogP contribution is -1.84. The van der Waals surface area contributed by atoms with E-state index >= 15 is 0 Å². The van der Waals surface area contributed by atoms with Gasteiger partial charge in [-0.05, 0) is 36.4 Å². The van der Waals surface area contributed by atoms with Gasteiger partial charge in [-0.2, -0.15) is 0 Å². The average Bonchev–Trinajstić information content (AvgIpc) is 2.25. The molecule has 3 heteroatoms. The van der Waals surface area contributed by atoms with Gasteiger partial charge in [0.15, 0.2) is 0 Å². The summed E-state index contributed by atoms with van der Waals surface area (Å²) in [5.41, 5.74) is 8.01. The topological polar surface area (TPSA) is 26.0 Å². The normalized spacial score (nSPS) is 9.53. The summed E-state index contributed by atoms with van der Waals surface area (Å²) < 4.78 is 0. The predicted octanol–water partition coefficient (Wildman–Crippen LogP) is 3.98. The fourth-order valence-corrected chi connectivity index (χ4v) is 1.91. The molecule has 0 aliphatic heterocycles. The molecule has 0 fully saturated rings. The van der Waals surface area contributed by atoms with Gasteiger partial charge in [-0.1, -0.05) is 41.1 Å². The van der Waals surface area contributed by atoms with Crippen molar-refractivity contribution in [2.24, 2.45) is 0 Å². The van der Waals surface area contributed by atoms with Crippen molar-refractivity contribution in [3.63, 3.8) is 0 Å². The zero-order chi connectivity index (χ0) is 12.3. The number of nitrogens with two attached hydrogens (primary N) is 1. The summed E-state index contributed by atoms with van der Waals surface area (Å²) in [7, 11) is 0. The van der Waals surface area contributed by atoms with Gasteiger partial charge in [0, 0.05) is 26.9 Å². The van der Waals surface area contributed by atoms with E-state index in [2.05, 4.69) is 11.8 Å². The number of rotatable bonds is 0. The van der Waals surface area contributed by atoms with Crippen molar-refractivity contribution >= 4 is 28.9 Å². The molecule has 0 amide bonds. The minimum absolute atomic E-state index is 0.578. The maximum Gasteiger partial charge on any atom is 0.0433 e. The molecular formula is C14H9Cl2N. The third-order valence-electron chi connectivity index (χ3n) is 2.10. The van der Waals surface area contributed by atoms with Crippen LogP contribution in [-0.4, -0.2) is 0 Å². The number of anilines is 1. The van der Waals surface area contributed by atoms with Crippen molar-refractivity contribution in [3.8, 4) is 11.8 Å². The van der Waals surface area contributed by atoms with Gasteiger partial charge >= 0.3 is 0 Å².